The van der Waals surface area contributed by atoms with Crippen molar-refractivity contribution in [3.63, 3.8) is 0 Å². The Bertz CT molecular complexity index is 572. The van der Waals surface area contributed by atoms with Crippen LogP contribution < -0.4 is 20.9 Å². The smallest absolute Gasteiger partial charge is 0.246 e. The van der Waals surface area contributed by atoms with Crippen LogP contribution in [0.15, 0.2) is 18.2 Å². The second-order valence-electron chi connectivity index (χ2n) is 5.14. The van der Waals surface area contributed by atoms with Crippen molar-refractivity contribution in [3.8, 4) is 0 Å². The fourth-order valence-electron chi connectivity index (χ4n) is 2.85. The lowest BCUT2D eigenvalue weighted by atomic mass is 10.1. The second kappa shape index (κ2) is 4.79. The first kappa shape index (κ1) is 12.9. The minimum Gasteiger partial charge on any atom is -0.358 e. The van der Waals surface area contributed by atoms with E-state index in [2.05, 4.69) is 20.9 Å². The van der Waals surface area contributed by atoms with Crippen molar-refractivity contribution >= 4 is 23.2 Å². The fraction of sp³-hybridized carbons (Fsp3) is 0.429. The van der Waals surface area contributed by atoms with Crippen LogP contribution in [0.2, 0.25) is 0 Å². The van der Waals surface area contributed by atoms with Crippen molar-refractivity contribution in [2.75, 3.05) is 30.4 Å². The van der Waals surface area contributed by atoms with Crippen LogP contribution >= 0.6 is 0 Å². The number of anilines is 2. The molecule has 6 nitrogen and oxygen atoms in total. The number of nitrogens with one attached hydrogen (secondary N) is 3. The number of carbonyl (C=O) groups excluding carboxylic acids is 2. The molecule has 106 valence electrons. The van der Waals surface area contributed by atoms with E-state index < -0.39 is 0 Å². The number of rotatable bonds is 2. The maximum atomic E-state index is 11.8. The molecule has 2 aliphatic heterocycles. The van der Waals surface area contributed by atoms with Gasteiger partial charge in [-0.15, -0.1) is 0 Å². The molecule has 3 N–H and O–H groups in total. The van der Waals surface area contributed by atoms with Gasteiger partial charge >= 0.3 is 0 Å². The zero-order chi connectivity index (χ0) is 14.3. The SMILES string of the molecule is CNC1C(=O)Nc2cc(N3CCNC(=O)C3C)ccc21. The third-order valence-corrected chi connectivity index (χ3v) is 3.99. The average Bonchev–Trinajstić information content (AvgIpc) is 2.76. The maximum absolute atomic E-state index is 11.8. The minimum atomic E-state index is -0.291. The van der Waals surface area contributed by atoms with Crippen LogP contribution in [0, 0.1) is 0 Å². The van der Waals surface area contributed by atoms with E-state index in [1.807, 2.05) is 25.1 Å². The molecule has 2 amide bonds. The van der Waals surface area contributed by atoms with Gasteiger partial charge < -0.3 is 20.9 Å². The highest BCUT2D eigenvalue weighted by atomic mass is 16.2. The van der Waals surface area contributed by atoms with Crippen LogP contribution in [-0.4, -0.2) is 38.0 Å². The third kappa shape index (κ3) is 1.92. The molecule has 1 aromatic carbocycles. The van der Waals surface area contributed by atoms with Gasteiger partial charge in [-0.2, -0.15) is 0 Å². The van der Waals surface area contributed by atoms with Gasteiger partial charge in [-0.25, -0.2) is 0 Å². The molecule has 1 aromatic rings. The first-order valence-corrected chi connectivity index (χ1v) is 6.78. The summed E-state index contributed by atoms with van der Waals surface area (Å²) < 4.78 is 0. The molecule has 20 heavy (non-hydrogen) atoms. The quantitative estimate of drug-likeness (QED) is 0.721. The van der Waals surface area contributed by atoms with E-state index in [4.69, 9.17) is 0 Å². The molecule has 1 fully saturated rings. The summed E-state index contributed by atoms with van der Waals surface area (Å²) in [6.45, 7) is 3.30. The summed E-state index contributed by atoms with van der Waals surface area (Å²) >= 11 is 0. The van der Waals surface area contributed by atoms with E-state index >= 15 is 0 Å². The number of hydrogen-bond acceptors (Lipinski definition) is 4. The fourth-order valence-corrected chi connectivity index (χ4v) is 2.85. The first-order chi connectivity index (χ1) is 9.61. The molecule has 0 aliphatic carbocycles. The zero-order valence-corrected chi connectivity index (χ0v) is 11.6. The molecule has 3 rings (SSSR count). The number of likely N-dealkylation sites (N-methyl/N-ethyl adjacent to an activating group) is 1. The molecule has 6 heteroatoms. The molecule has 0 spiro atoms. The highest BCUT2D eigenvalue weighted by Gasteiger charge is 2.31. The summed E-state index contributed by atoms with van der Waals surface area (Å²) in [5.41, 5.74) is 2.74. The molecule has 0 radical (unpaired) electrons. The highest BCUT2D eigenvalue weighted by Crippen LogP contribution is 2.34. The van der Waals surface area contributed by atoms with Crippen molar-refractivity contribution in [1.29, 1.82) is 0 Å². The Balaban J connectivity index is 1.92. The Morgan fingerprint density at radius 2 is 2.10 bits per heavy atom. The van der Waals surface area contributed by atoms with Gasteiger partial charge in [0.2, 0.25) is 11.8 Å². The lowest BCUT2D eigenvalue weighted by Crippen LogP contribution is -2.54. The molecule has 2 atom stereocenters. The number of amides is 2. The predicted octanol–water partition coefficient (Wildman–Crippen LogP) is 0.224. The zero-order valence-electron chi connectivity index (χ0n) is 11.6. The van der Waals surface area contributed by atoms with Gasteiger partial charge in [0.15, 0.2) is 0 Å². The molecule has 2 heterocycles. The lowest BCUT2D eigenvalue weighted by molar-refractivity contribution is -0.123. The van der Waals surface area contributed by atoms with Crippen LogP contribution in [0.3, 0.4) is 0 Å². The Kier molecular flexibility index (Phi) is 3.10. The molecule has 1 saturated heterocycles. The van der Waals surface area contributed by atoms with Gasteiger partial charge in [-0.3, -0.25) is 9.59 Å². The van der Waals surface area contributed by atoms with Crippen molar-refractivity contribution < 1.29 is 9.59 Å². The van der Waals surface area contributed by atoms with E-state index in [1.54, 1.807) is 7.05 Å². The molecule has 0 aromatic heterocycles. The number of carbonyl (C=O) groups is 2. The van der Waals surface area contributed by atoms with Crippen molar-refractivity contribution in [1.82, 2.24) is 10.6 Å². The van der Waals surface area contributed by atoms with Gasteiger partial charge in [0.05, 0.1) is 0 Å². The van der Waals surface area contributed by atoms with Gasteiger partial charge in [0.1, 0.15) is 12.1 Å². The number of fused-ring (bicyclic) bond motifs is 1. The average molecular weight is 274 g/mol. The first-order valence-electron chi connectivity index (χ1n) is 6.78. The third-order valence-electron chi connectivity index (χ3n) is 3.99. The van der Waals surface area contributed by atoms with Crippen LogP contribution in [0.1, 0.15) is 18.5 Å². The van der Waals surface area contributed by atoms with E-state index in [9.17, 15) is 9.59 Å². The minimum absolute atomic E-state index is 0.0360. The molecular weight excluding hydrogens is 256 g/mol. The van der Waals surface area contributed by atoms with Crippen molar-refractivity contribution in [2.24, 2.45) is 0 Å². The molecule has 0 saturated carbocycles. The number of piperazine rings is 1. The van der Waals surface area contributed by atoms with Crippen molar-refractivity contribution in [2.45, 2.75) is 19.0 Å². The van der Waals surface area contributed by atoms with Crippen molar-refractivity contribution in [3.05, 3.63) is 23.8 Å². The molecular formula is C14H18N4O2. The summed E-state index contributed by atoms with van der Waals surface area (Å²) in [6.07, 6.45) is 0. The Morgan fingerprint density at radius 3 is 2.85 bits per heavy atom. The molecule has 2 aliphatic rings. The number of nitrogens with zero attached hydrogens (tertiary/aromatic N) is 1. The van der Waals surface area contributed by atoms with Gasteiger partial charge in [0, 0.05) is 30.0 Å². The summed E-state index contributed by atoms with van der Waals surface area (Å²) in [5, 5.41) is 8.72. The summed E-state index contributed by atoms with van der Waals surface area (Å²) in [4.78, 5) is 25.6. The van der Waals surface area contributed by atoms with Gasteiger partial charge in [-0.05, 0) is 26.1 Å². The number of hydrogen-bond donors (Lipinski definition) is 3. The van der Waals surface area contributed by atoms with E-state index in [-0.39, 0.29) is 23.9 Å². The Hall–Kier alpha value is -2.08. The Labute approximate surface area is 117 Å². The molecule has 0 bridgehead atoms. The van der Waals surface area contributed by atoms with Gasteiger partial charge in [-0.1, -0.05) is 6.07 Å². The largest absolute Gasteiger partial charge is 0.358 e. The second-order valence-corrected chi connectivity index (χ2v) is 5.14. The predicted molar refractivity (Wildman–Crippen MR) is 76.7 cm³/mol. The molecule has 2 unspecified atom stereocenters. The topological polar surface area (TPSA) is 73.5 Å². The maximum Gasteiger partial charge on any atom is 0.246 e. The lowest BCUT2D eigenvalue weighted by Gasteiger charge is -2.34. The van der Waals surface area contributed by atoms with E-state index in [0.29, 0.717) is 6.54 Å². The van der Waals surface area contributed by atoms with E-state index in [1.165, 1.54) is 0 Å². The summed E-state index contributed by atoms with van der Waals surface area (Å²) in [6, 6.07) is 5.38. The Morgan fingerprint density at radius 1 is 1.30 bits per heavy atom. The number of benzene rings is 1. The van der Waals surface area contributed by atoms with Crippen LogP contribution in [-0.2, 0) is 9.59 Å². The van der Waals surface area contributed by atoms with Crippen LogP contribution in [0.25, 0.3) is 0 Å². The van der Waals surface area contributed by atoms with E-state index in [0.717, 1.165) is 23.5 Å². The van der Waals surface area contributed by atoms with Crippen LogP contribution in [0.5, 0.6) is 0 Å². The van der Waals surface area contributed by atoms with Crippen LogP contribution in [0.4, 0.5) is 11.4 Å². The normalized spacial score (nSPS) is 25.2. The monoisotopic (exact) mass is 274 g/mol. The summed E-state index contributed by atoms with van der Waals surface area (Å²) in [5.74, 6) is -0.00188. The van der Waals surface area contributed by atoms with Gasteiger partial charge in [0.25, 0.3) is 0 Å². The highest BCUT2D eigenvalue weighted by molar-refractivity contribution is 6.03. The summed E-state index contributed by atoms with van der Waals surface area (Å²) in [7, 11) is 1.77. The standard InChI is InChI=1S/C14H18N4O2/c1-8-13(19)16-5-6-18(8)9-3-4-10-11(7-9)17-14(20)12(10)15-2/h3-4,7-8,12,15H,5-6H2,1-2H3,(H,16,19)(H,17,20).